The second kappa shape index (κ2) is 11.0. The summed E-state index contributed by atoms with van der Waals surface area (Å²) in [5.41, 5.74) is 3.13. The van der Waals surface area contributed by atoms with Gasteiger partial charge in [0.15, 0.2) is 0 Å². The predicted octanol–water partition coefficient (Wildman–Crippen LogP) is 5.84. The van der Waals surface area contributed by atoms with Crippen molar-refractivity contribution in [2.75, 3.05) is 23.3 Å². The molecule has 3 rings (SSSR count). The van der Waals surface area contributed by atoms with E-state index >= 15 is 0 Å². The third-order valence-electron chi connectivity index (χ3n) is 5.53. The molecule has 0 aliphatic rings. The van der Waals surface area contributed by atoms with Crippen LogP contribution in [0, 0.1) is 12.7 Å². The van der Waals surface area contributed by atoms with Crippen LogP contribution in [0.1, 0.15) is 38.3 Å². The molecule has 0 aliphatic carbocycles. The number of carbonyl (C=O) groups excluding carboxylic acids is 1. The quantitative estimate of drug-likeness (QED) is 0.384. The van der Waals surface area contributed by atoms with Crippen LogP contribution in [0.15, 0.2) is 77.7 Å². The molecule has 35 heavy (non-hydrogen) atoms. The van der Waals surface area contributed by atoms with Crippen LogP contribution < -0.4 is 14.9 Å². The van der Waals surface area contributed by atoms with Gasteiger partial charge in [0.2, 0.25) is 10.0 Å². The number of aryl methyl sites for hydroxylation is 1. The molecular formula is C27H32FN3O3S. The topological polar surface area (TPSA) is 78.5 Å². The summed E-state index contributed by atoms with van der Waals surface area (Å²) in [6.45, 7) is 8.49. The van der Waals surface area contributed by atoms with Gasteiger partial charge in [-0.3, -0.25) is 4.90 Å². The largest absolute Gasteiger partial charge is 0.326 e. The molecule has 0 unspecified atom stereocenters. The van der Waals surface area contributed by atoms with E-state index in [2.05, 4.69) is 30.8 Å². The molecule has 0 saturated carbocycles. The smallest absolute Gasteiger partial charge is 0.308 e. The number of nitrogens with one attached hydrogen (secondary N) is 2. The number of anilines is 2. The molecule has 186 valence electrons. The fourth-order valence-corrected chi connectivity index (χ4v) is 4.62. The molecule has 0 fully saturated rings. The Morgan fingerprint density at radius 1 is 0.971 bits per heavy atom. The van der Waals surface area contributed by atoms with Gasteiger partial charge in [0.05, 0.1) is 4.90 Å². The zero-order valence-corrected chi connectivity index (χ0v) is 21.3. The zero-order chi connectivity index (χ0) is 25.6. The number of amides is 2. The van der Waals surface area contributed by atoms with Gasteiger partial charge >= 0.3 is 6.03 Å². The van der Waals surface area contributed by atoms with Gasteiger partial charge in [-0.25, -0.2) is 22.3 Å². The lowest BCUT2D eigenvalue weighted by Gasteiger charge is -2.23. The summed E-state index contributed by atoms with van der Waals surface area (Å²) in [5, 5.41) is 2.85. The highest BCUT2D eigenvalue weighted by Gasteiger charge is 2.19. The normalized spacial score (nSPS) is 11.8. The minimum Gasteiger partial charge on any atom is -0.308 e. The van der Waals surface area contributed by atoms with E-state index in [1.807, 2.05) is 37.3 Å². The third-order valence-corrected chi connectivity index (χ3v) is 7.01. The molecule has 0 bridgehead atoms. The highest BCUT2D eigenvalue weighted by molar-refractivity contribution is 7.89. The van der Waals surface area contributed by atoms with Crippen LogP contribution in [-0.2, 0) is 15.4 Å². The third kappa shape index (κ3) is 7.37. The average molecular weight is 498 g/mol. The molecule has 0 spiro atoms. The van der Waals surface area contributed by atoms with Crippen LogP contribution in [0.25, 0.3) is 0 Å². The lowest BCUT2D eigenvalue weighted by Crippen LogP contribution is -2.37. The van der Waals surface area contributed by atoms with E-state index in [0.717, 1.165) is 11.1 Å². The summed E-state index contributed by atoms with van der Waals surface area (Å²) in [4.78, 5) is 14.7. The van der Waals surface area contributed by atoms with Crippen LogP contribution >= 0.6 is 0 Å². The number of nitrogens with zero attached hydrogens (tertiary/aromatic N) is 1. The SMILES string of the molecule is Cc1cccc(NC(=O)N(CCCNS(=O)(=O)c2ccc(C(C)(C)C)cc2)c2ccc(F)cc2)c1. The van der Waals surface area contributed by atoms with Crippen molar-refractivity contribution >= 4 is 27.4 Å². The van der Waals surface area contributed by atoms with E-state index in [1.54, 1.807) is 18.2 Å². The molecule has 0 radical (unpaired) electrons. The Hall–Kier alpha value is -3.23. The fourth-order valence-electron chi connectivity index (χ4n) is 3.54. The summed E-state index contributed by atoms with van der Waals surface area (Å²) < 4.78 is 41.4. The Morgan fingerprint density at radius 3 is 2.23 bits per heavy atom. The summed E-state index contributed by atoms with van der Waals surface area (Å²) in [5.74, 6) is -0.405. The van der Waals surface area contributed by atoms with Crippen LogP contribution in [0.5, 0.6) is 0 Å². The van der Waals surface area contributed by atoms with Crippen molar-refractivity contribution in [3.63, 3.8) is 0 Å². The van der Waals surface area contributed by atoms with Crippen molar-refractivity contribution in [3.05, 3.63) is 89.7 Å². The summed E-state index contributed by atoms with van der Waals surface area (Å²) in [7, 11) is -3.68. The highest BCUT2D eigenvalue weighted by Crippen LogP contribution is 2.23. The lowest BCUT2D eigenvalue weighted by molar-refractivity contribution is 0.257. The fraction of sp³-hybridized carbons (Fsp3) is 0.296. The van der Waals surface area contributed by atoms with Gasteiger partial charge in [0.1, 0.15) is 5.82 Å². The lowest BCUT2D eigenvalue weighted by atomic mass is 9.87. The van der Waals surface area contributed by atoms with Crippen molar-refractivity contribution in [1.29, 1.82) is 0 Å². The van der Waals surface area contributed by atoms with E-state index in [1.165, 1.54) is 29.2 Å². The predicted molar refractivity (Wildman–Crippen MR) is 139 cm³/mol. The monoisotopic (exact) mass is 497 g/mol. The molecule has 0 atom stereocenters. The number of sulfonamides is 1. The van der Waals surface area contributed by atoms with Crippen LogP contribution in [0.3, 0.4) is 0 Å². The van der Waals surface area contributed by atoms with E-state index < -0.39 is 15.8 Å². The molecule has 0 aliphatic heterocycles. The van der Waals surface area contributed by atoms with Crippen molar-refractivity contribution in [1.82, 2.24) is 4.72 Å². The molecule has 2 N–H and O–H groups in total. The van der Waals surface area contributed by atoms with E-state index in [0.29, 0.717) is 17.8 Å². The van der Waals surface area contributed by atoms with Gasteiger partial charge in [-0.2, -0.15) is 0 Å². The van der Waals surface area contributed by atoms with E-state index in [-0.39, 0.29) is 29.4 Å². The van der Waals surface area contributed by atoms with Gasteiger partial charge in [-0.15, -0.1) is 0 Å². The van der Waals surface area contributed by atoms with Crippen molar-refractivity contribution in [2.24, 2.45) is 0 Å². The van der Waals surface area contributed by atoms with Gasteiger partial charge < -0.3 is 5.32 Å². The minimum absolute atomic E-state index is 0.0709. The van der Waals surface area contributed by atoms with Gasteiger partial charge in [0, 0.05) is 24.5 Å². The molecule has 0 saturated heterocycles. The number of hydrogen-bond donors (Lipinski definition) is 2. The number of hydrogen-bond acceptors (Lipinski definition) is 3. The first-order valence-corrected chi connectivity index (χ1v) is 12.9. The van der Waals surface area contributed by atoms with Crippen molar-refractivity contribution < 1.29 is 17.6 Å². The molecule has 6 nitrogen and oxygen atoms in total. The molecule has 0 aromatic heterocycles. The second-order valence-corrected chi connectivity index (χ2v) is 11.2. The maximum absolute atomic E-state index is 13.4. The van der Waals surface area contributed by atoms with Crippen LogP contribution in [0.2, 0.25) is 0 Å². The maximum atomic E-state index is 13.4. The Kier molecular flexibility index (Phi) is 8.30. The second-order valence-electron chi connectivity index (χ2n) is 9.45. The van der Waals surface area contributed by atoms with Gasteiger partial charge in [-0.1, -0.05) is 45.0 Å². The first kappa shape index (κ1) is 26.4. The minimum atomic E-state index is -3.68. The summed E-state index contributed by atoms with van der Waals surface area (Å²) in [6.07, 6.45) is 0.359. The molecule has 2 amide bonds. The molecule has 3 aromatic rings. The number of halogens is 1. The Morgan fingerprint density at radius 2 is 1.63 bits per heavy atom. The summed E-state index contributed by atoms with van der Waals surface area (Å²) >= 11 is 0. The Balaban J connectivity index is 1.66. The van der Waals surface area contributed by atoms with Crippen molar-refractivity contribution in [3.8, 4) is 0 Å². The molecule has 8 heteroatoms. The number of rotatable bonds is 8. The van der Waals surface area contributed by atoms with Gasteiger partial charge in [0.25, 0.3) is 0 Å². The average Bonchev–Trinajstić information content (AvgIpc) is 2.79. The summed E-state index contributed by atoms with van der Waals surface area (Å²) in [6, 6.07) is 19.5. The first-order valence-electron chi connectivity index (χ1n) is 11.5. The highest BCUT2D eigenvalue weighted by atomic mass is 32.2. The van der Waals surface area contributed by atoms with Gasteiger partial charge in [-0.05, 0) is 78.4 Å². The molecule has 0 heterocycles. The number of urea groups is 1. The van der Waals surface area contributed by atoms with Crippen LogP contribution in [-0.4, -0.2) is 27.5 Å². The first-order chi connectivity index (χ1) is 16.5. The zero-order valence-electron chi connectivity index (χ0n) is 20.5. The van der Waals surface area contributed by atoms with E-state index in [9.17, 15) is 17.6 Å². The van der Waals surface area contributed by atoms with Crippen molar-refractivity contribution in [2.45, 2.75) is 44.4 Å². The van der Waals surface area contributed by atoms with Crippen LogP contribution in [0.4, 0.5) is 20.6 Å². The molecular weight excluding hydrogens is 465 g/mol. The standard InChI is InChI=1S/C27H32FN3O3S/c1-20-7-5-8-23(19-20)30-26(32)31(24-13-11-22(28)12-14-24)18-6-17-29-35(33,34)25-15-9-21(10-16-25)27(2,3)4/h5,7-16,19,29H,6,17-18H2,1-4H3,(H,30,32). The number of carbonyl (C=O) groups is 1. The maximum Gasteiger partial charge on any atom is 0.326 e. The molecule has 3 aromatic carbocycles. The number of benzene rings is 3. The van der Waals surface area contributed by atoms with E-state index in [4.69, 9.17) is 0 Å². The Bertz CT molecular complexity index is 1250. The Labute approximate surface area is 207 Å².